The van der Waals surface area contributed by atoms with Gasteiger partial charge in [-0.3, -0.25) is 0 Å². The highest BCUT2D eigenvalue weighted by Gasteiger charge is 2.34. The third-order valence-electron chi connectivity index (χ3n) is 3.87. The Hall–Kier alpha value is 0.310. The fraction of sp³-hybridized carbons (Fsp3) is 1.00. The molecule has 1 aliphatic heterocycles. The molecule has 0 spiro atoms. The van der Waals surface area contributed by atoms with Crippen LogP contribution in [0, 0.1) is 10.8 Å². The standard InChI is InChI=1S/C13H27NS/c1-10(12(2,3)4)14-11-9-15-8-7-13(11,5)6/h10-11,14H,7-9H2,1-6H3. The van der Waals surface area contributed by atoms with E-state index in [-0.39, 0.29) is 0 Å². The molecule has 0 bridgehead atoms. The van der Waals surface area contributed by atoms with Crippen LogP contribution in [0.1, 0.15) is 48.0 Å². The second kappa shape index (κ2) is 4.67. The monoisotopic (exact) mass is 229 g/mol. The van der Waals surface area contributed by atoms with Crippen molar-refractivity contribution in [2.45, 2.75) is 60.0 Å². The average Bonchev–Trinajstić information content (AvgIpc) is 2.06. The second-order valence-electron chi connectivity index (χ2n) is 6.62. The van der Waals surface area contributed by atoms with Gasteiger partial charge in [-0.25, -0.2) is 0 Å². The van der Waals surface area contributed by atoms with Crippen LogP contribution in [-0.4, -0.2) is 23.6 Å². The lowest BCUT2D eigenvalue weighted by molar-refractivity contribution is 0.185. The van der Waals surface area contributed by atoms with Crippen LogP contribution < -0.4 is 5.32 Å². The van der Waals surface area contributed by atoms with E-state index < -0.39 is 0 Å². The van der Waals surface area contributed by atoms with E-state index in [0.717, 1.165) is 0 Å². The molecule has 2 unspecified atom stereocenters. The van der Waals surface area contributed by atoms with Gasteiger partial charge >= 0.3 is 0 Å². The summed E-state index contributed by atoms with van der Waals surface area (Å²) in [6.07, 6.45) is 1.34. The van der Waals surface area contributed by atoms with E-state index in [4.69, 9.17) is 0 Å². The summed E-state index contributed by atoms with van der Waals surface area (Å²) >= 11 is 2.10. The molecule has 2 heteroatoms. The quantitative estimate of drug-likeness (QED) is 0.777. The molecule has 0 aromatic rings. The van der Waals surface area contributed by atoms with Crippen LogP contribution in [0.5, 0.6) is 0 Å². The molecule has 90 valence electrons. The molecule has 0 saturated carbocycles. The fourth-order valence-electron chi connectivity index (χ4n) is 1.76. The van der Waals surface area contributed by atoms with Gasteiger partial charge in [-0.15, -0.1) is 0 Å². The molecule has 1 rings (SSSR count). The molecule has 15 heavy (non-hydrogen) atoms. The molecular formula is C13H27NS. The summed E-state index contributed by atoms with van der Waals surface area (Å²) in [5.74, 6) is 2.60. The van der Waals surface area contributed by atoms with Gasteiger partial charge in [0.2, 0.25) is 0 Å². The molecule has 0 aliphatic carbocycles. The first-order valence-electron chi connectivity index (χ1n) is 6.07. The summed E-state index contributed by atoms with van der Waals surface area (Å²) in [4.78, 5) is 0. The lowest BCUT2D eigenvalue weighted by Gasteiger charge is -2.42. The second-order valence-corrected chi connectivity index (χ2v) is 7.77. The van der Waals surface area contributed by atoms with Crippen LogP contribution in [0.4, 0.5) is 0 Å². The predicted octanol–water partition coefficient (Wildman–Crippen LogP) is 3.54. The first-order chi connectivity index (χ1) is 6.73. The van der Waals surface area contributed by atoms with Crippen LogP contribution in [0.2, 0.25) is 0 Å². The molecule has 2 atom stereocenters. The molecule has 1 heterocycles. The van der Waals surface area contributed by atoms with Crippen molar-refractivity contribution >= 4 is 11.8 Å². The van der Waals surface area contributed by atoms with E-state index in [0.29, 0.717) is 22.9 Å². The van der Waals surface area contributed by atoms with E-state index >= 15 is 0 Å². The number of nitrogens with one attached hydrogen (secondary N) is 1. The molecule has 1 N–H and O–H groups in total. The zero-order valence-electron chi connectivity index (χ0n) is 11.2. The zero-order valence-corrected chi connectivity index (χ0v) is 12.0. The maximum absolute atomic E-state index is 3.83. The van der Waals surface area contributed by atoms with E-state index in [1.165, 1.54) is 17.9 Å². The topological polar surface area (TPSA) is 12.0 Å². The lowest BCUT2D eigenvalue weighted by Crippen LogP contribution is -2.53. The van der Waals surface area contributed by atoms with Crippen LogP contribution in [0.3, 0.4) is 0 Å². The number of rotatable bonds is 2. The molecule has 0 aromatic heterocycles. The molecule has 1 nitrogen and oxygen atoms in total. The van der Waals surface area contributed by atoms with Gasteiger partial charge in [0.25, 0.3) is 0 Å². The Morgan fingerprint density at radius 1 is 1.33 bits per heavy atom. The average molecular weight is 229 g/mol. The highest BCUT2D eigenvalue weighted by molar-refractivity contribution is 7.99. The minimum Gasteiger partial charge on any atom is -0.310 e. The van der Waals surface area contributed by atoms with Crippen molar-refractivity contribution in [2.75, 3.05) is 11.5 Å². The molecule has 0 radical (unpaired) electrons. The van der Waals surface area contributed by atoms with Crippen LogP contribution >= 0.6 is 11.8 Å². The van der Waals surface area contributed by atoms with Crippen molar-refractivity contribution in [1.82, 2.24) is 5.32 Å². The van der Waals surface area contributed by atoms with Crippen molar-refractivity contribution in [3.05, 3.63) is 0 Å². The Bertz CT molecular complexity index is 205. The van der Waals surface area contributed by atoms with Gasteiger partial charge in [0, 0.05) is 17.8 Å². The fourth-order valence-corrected chi connectivity index (χ4v) is 3.38. The predicted molar refractivity (Wildman–Crippen MR) is 71.6 cm³/mol. The lowest BCUT2D eigenvalue weighted by atomic mass is 9.80. The van der Waals surface area contributed by atoms with Gasteiger partial charge in [0.15, 0.2) is 0 Å². The first kappa shape index (κ1) is 13.4. The van der Waals surface area contributed by atoms with E-state index in [2.05, 4.69) is 58.6 Å². The van der Waals surface area contributed by atoms with E-state index in [1.54, 1.807) is 0 Å². The van der Waals surface area contributed by atoms with Gasteiger partial charge in [0.05, 0.1) is 0 Å². The normalized spacial score (nSPS) is 28.8. The third-order valence-corrected chi connectivity index (χ3v) is 4.93. The van der Waals surface area contributed by atoms with Gasteiger partial charge in [-0.1, -0.05) is 34.6 Å². The molecule has 0 amide bonds. The Kier molecular flexibility index (Phi) is 4.16. The van der Waals surface area contributed by atoms with Gasteiger partial charge in [-0.05, 0) is 29.9 Å². The summed E-state index contributed by atoms with van der Waals surface area (Å²) in [6.45, 7) is 14.1. The summed E-state index contributed by atoms with van der Waals surface area (Å²) in [7, 11) is 0. The zero-order chi connectivity index (χ0) is 11.7. The molecular weight excluding hydrogens is 202 g/mol. The van der Waals surface area contributed by atoms with Crippen molar-refractivity contribution in [3.8, 4) is 0 Å². The first-order valence-corrected chi connectivity index (χ1v) is 7.23. The summed E-state index contributed by atoms with van der Waals surface area (Å²) < 4.78 is 0. The number of hydrogen-bond acceptors (Lipinski definition) is 2. The Morgan fingerprint density at radius 2 is 1.93 bits per heavy atom. The Morgan fingerprint density at radius 3 is 2.40 bits per heavy atom. The largest absolute Gasteiger partial charge is 0.310 e. The highest BCUT2D eigenvalue weighted by atomic mass is 32.2. The Labute approximate surface area is 99.8 Å². The maximum Gasteiger partial charge on any atom is 0.0212 e. The molecule has 1 saturated heterocycles. The van der Waals surface area contributed by atoms with Crippen molar-refractivity contribution < 1.29 is 0 Å². The Balaban J connectivity index is 2.56. The van der Waals surface area contributed by atoms with E-state index in [9.17, 15) is 0 Å². The SMILES string of the molecule is CC(NC1CSCCC1(C)C)C(C)(C)C. The van der Waals surface area contributed by atoms with Gasteiger partial charge < -0.3 is 5.32 Å². The summed E-state index contributed by atoms with van der Waals surface area (Å²) in [6, 6.07) is 1.26. The number of thioether (sulfide) groups is 1. The minimum atomic E-state index is 0.359. The van der Waals surface area contributed by atoms with Crippen molar-refractivity contribution in [2.24, 2.45) is 10.8 Å². The van der Waals surface area contributed by atoms with Crippen molar-refractivity contribution in [1.29, 1.82) is 0 Å². The number of hydrogen-bond donors (Lipinski definition) is 1. The minimum absolute atomic E-state index is 0.359. The van der Waals surface area contributed by atoms with Crippen LogP contribution in [-0.2, 0) is 0 Å². The molecule has 0 aromatic carbocycles. The molecule has 1 fully saturated rings. The molecule has 1 aliphatic rings. The summed E-state index contributed by atoms with van der Waals surface area (Å²) in [5, 5.41) is 3.83. The van der Waals surface area contributed by atoms with Crippen molar-refractivity contribution in [3.63, 3.8) is 0 Å². The maximum atomic E-state index is 3.83. The van der Waals surface area contributed by atoms with Gasteiger partial charge in [0.1, 0.15) is 0 Å². The third kappa shape index (κ3) is 3.67. The van der Waals surface area contributed by atoms with Crippen LogP contribution in [0.15, 0.2) is 0 Å². The van der Waals surface area contributed by atoms with E-state index in [1.807, 2.05) is 0 Å². The highest BCUT2D eigenvalue weighted by Crippen LogP contribution is 2.35. The van der Waals surface area contributed by atoms with Gasteiger partial charge in [-0.2, -0.15) is 11.8 Å². The van der Waals surface area contributed by atoms with Crippen LogP contribution in [0.25, 0.3) is 0 Å². The smallest absolute Gasteiger partial charge is 0.0212 e. The summed E-state index contributed by atoms with van der Waals surface area (Å²) in [5.41, 5.74) is 0.822.